The van der Waals surface area contributed by atoms with E-state index < -0.39 is 0 Å². The van der Waals surface area contributed by atoms with E-state index in [1.54, 1.807) is 0 Å². The van der Waals surface area contributed by atoms with Gasteiger partial charge in [-0.15, -0.1) is 0 Å². The van der Waals surface area contributed by atoms with Crippen molar-refractivity contribution in [2.75, 3.05) is 0 Å². The Labute approximate surface area is 109 Å². The maximum Gasteiger partial charge on any atom is 0.166 e. The van der Waals surface area contributed by atoms with Gasteiger partial charge in [0.15, 0.2) is 6.29 Å². The van der Waals surface area contributed by atoms with Crippen LogP contribution < -0.4 is 0 Å². The van der Waals surface area contributed by atoms with Gasteiger partial charge in [-0.3, -0.25) is 9.36 Å². The summed E-state index contributed by atoms with van der Waals surface area (Å²) in [6.07, 6.45) is 1.69. The maximum atomic E-state index is 11.1. The number of aldehydes is 1. The van der Waals surface area contributed by atoms with Crippen molar-refractivity contribution in [2.24, 2.45) is 0 Å². The van der Waals surface area contributed by atoms with E-state index in [9.17, 15) is 4.79 Å². The summed E-state index contributed by atoms with van der Waals surface area (Å²) in [4.78, 5) is 15.6. The van der Waals surface area contributed by atoms with E-state index >= 15 is 0 Å². The van der Waals surface area contributed by atoms with Crippen LogP contribution in [-0.4, -0.2) is 15.8 Å². The van der Waals surface area contributed by atoms with Crippen LogP contribution in [0.1, 0.15) is 28.8 Å². The molecule has 0 saturated heterocycles. The molecule has 2 aromatic heterocycles. The molecule has 0 aliphatic rings. The minimum Gasteiger partial charge on any atom is -0.296 e. The van der Waals surface area contributed by atoms with Crippen LogP contribution in [0.15, 0.2) is 28.7 Å². The number of pyridine rings is 1. The molecule has 2 aromatic rings. The van der Waals surface area contributed by atoms with Crippen LogP contribution in [0.5, 0.6) is 0 Å². The SMILES string of the molecule is CCc1c(Br)cc(C=O)n1-c1cccc(C)n1. The van der Waals surface area contributed by atoms with E-state index in [-0.39, 0.29) is 0 Å². The second-order valence-electron chi connectivity index (χ2n) is 3.81. The lowest BCUT2D eigenvalue weighted by molar-refractivity contribution is 0.111. The van der Waals surface area contributed by atoms with E-state index in [4.69, 9.17) is 0 Å². The molecule has 2 rings (SSSR count). The van der Waals surface area contributed by atoms with Crippen molar-refractivity contribution < 1.29 is 4.79 Å². The number of halogens is 1. The normalized spacial score (nSPS) is 10.5. The molecule has 0 aliphatic carbocycles. The van der Waals surface area contributed by atoms with E-state index in [1.165, 1.54) is 0 Å². The first kappa shape index (κ1) is 12.0. The number of hydrogen-bond acceptors (Lipinski definition) is 2. The molecule has 3 nitrogen and oxygen atoms in total. The van der Waals surface area contributed by atoms with Crippen molar-refractivity contribution in [3.05, 3.63) is 45.8 Å². The summed E-state index contributed by atoms with van der Waals surface area (Å²) in [5.74, 6) is 0.787. The van der Waals surface area contributed by atoms with E-state index in [0.29, 0.717) is 5.69 Å². The van der Waals surface area contributed by atoms with E-state index in [2.05, 4.69) is 27.8 Å². The molecule has 17 heavy (non-hydrogen) atoms. The van der Waals surface area contributed by atoms with Gasteiger partial charge in [0.2, 0.25) is 0 Å². The zero-order valence-electron chi connectivity index (χ0n) is 9.77. The van der Waals surface area contributed by atoms with Gasteiger partial charge in [0, 0.05) is 15.9 Å². The minimum atomic E-state index is 0.617. The van der Waals surface area contributed by atoms with Gasteiger partial charge in [-0.2, -0.15) is 0 Å². The van der Waals surface area contributed by atoms with Gasteiger partial charge in [0.1, 0.15) is 5.82 Å². The molecule has 0 unspecified atom stereocenters. The van der Waals surface area contributed by atoms with Crippen LogP contribution in [-0.2, 0) is 6.42 Å². The second kappa shape index (κ2) is 4.84. The lowest BCUT2D eigenvalue weighted by Gasteiger charge is -2.09. The highest BCUT2D eigenvalue weighted by Gasteiger charge is 2.13. The number of aryl methyl sites for hydroxylation is 1. The van der Waals surface area contributed by atoms with Gasteiger partial charge >= 0.3 is 0 Å². The molecule has 0 aromatic carbocycles. The molecule has 0 aliphatic heterocycles. The second-order valence-corrected chi connectivity index (χ2v) is 4.66. The number of aromatic nitrogens is 2. The Balaban J connectivity index is 2.68. The lowest BCUT2D eigenvalue weighted by atomic mass is 10.3. The van der Waals surface area contributed by atoms with E-state index in [0.717, 1.165) is 34.4 Å². The molecule has 2 heterocycles. The summed E-state index contributed by atoms with van der Waals surface area (Å²) in [6, 6.07) is 7.62. The van der Waals surface area contributed by atoms with Gasteiger partial charge in [-0.05, 0) is 47.5 Å². The maximum absolute atomic E-state index is 11.1. The molecule has 4 heteroatoms. The quantitative estimate of drug-likeness (QED) is 0.814. The number of hydrogen-bond donors (Lipinski definition) is 0. The first-order chi connectivity index (χ1) is 8.17. The van der Waals surface area contributed by atoms with Gasteiger partial charge < -0.3 is 0 Å². The third kappa shape index (κ3) is 2.17. The predicted octanol–water partition coefficient (Wildman–Crippen LogP) is 3.32. The van der Waals surface area contributed by atoms with Crippen LogP contribution >= 0.6 is 15.9 Å². The zero-order valence-corrected chi connectivity index (χ0v) is 11.4. The molecule has 0 radical (unpaired) electrons. The molecule has 0 spiro atoms. The molecular formula is C13H13BrN2O. The van der Waals surface area contributed by atoms with Crippen molar-refractivity contribution in [2.45, 2.75) is 20.3 Å². The Kier molecular flexibility index (Phi) is 3.43. The highest BCUT2D eigenvalue weighted by molar-refractivity contribution is 9.10. The minimum absolute atomic E-state index is 0.617. The molecule has 0 N–H and O–H groups in total. The molecular weight excluding hydrogens is 280 g/mol. The van der Waals surface area contributed by atoms with Crippen molar-refractivity contribution in [3.63, 3.8) is 0 Å². The fourth-order valence-electron chi connectivity index (χ4n) is 1.88. The summed E-state index contributed by atoms with van der Waals surface area (Å²) in [5, 5.41) is 0. The Morgan fingerprint density at radius 1 is 1.47 bits per heavy atom. The molecule has 88 valence electrons. The standard InChI is InChI=1S/C13H13BrN2O/c1-3-12-11(14)7-10(8-17)16(12)13-6-4-5-9(2)15-13/h4-8H,3H2,1-2H3. The number of carbonyl (C=O) groups is 1. The van der Waals surface area contributed by atoms with Crippen LogP contribution in [0, 0.1) is 6.92 Å². The molecule has 0 atom stereocenters. The van der Waals surface area contributed by atoms with Gasteiger partial charge in [-0.1, -0.05) is 13.0 Å². The molecule has 0 fully saturated rings. The van der Waals surface area contributed by atoms with Crippen LogP contribution in [0.3, 0.4) is 0 Å². The highest BCUT2D eigenvalue weighted by atomic mass is 79.9. The fraction of sp³-hybridized carbons (Fsp3) is 0.231. The van der Waals surface area contributed by atoms with Crippen LogP contribution in [0.4, 0.5) is 0 Å². The lowest BCUT2D eigenvalue weighted by Crippen LogP contribution is -2.06. The summed E-state index contributed by atoms with van der Waals surface area (Å²) < 4.78 is 2.84. The third-order valence-corrected chi connectivity index (χ3v) is 3.32. The zero-order chi connectivity index (χ0) is 12.4. The summed E-state index contributed by atoms with van der Waals surface area (Å²) >= 11 is 3.48. The highest BCUT2D eigenvalue weighted by Crippen LogP contribution is 2.25. The average Bonchev–Trinajstić information content (AvgIpc) is 2.65. The number of rotatable bonds is 3. The monoisotopic (exact) mass is 292 g/mol. The largest absolute Gasteiger partial charge is 0.296 e. The Bertz CT molecular complexity index is 561. The first-order valence-corrected chi connectivity index (χ1v) is 6.26. The molecule has 0 bridgehead atoms. The molecule has 0 amide bonds. The predicted molar refractivity (Wildman–Crippen MR) is 70.8 cm³/mol. The summed E-state index contributed by atoms with van der Waals surface area (Å²) in [6.45, 7) is 4.00. The van der Waals surface area contributed by atoms with Crippen molar-refractivity contribution in [1.82, 2.24) is 9.55 Å². The Morgan fingerprint density at radius 3 is 2.82 bits per heavy atom. The van der Waals surface area contributed by atoms with Crippen LogP contribution in [0.2, 0.25) is 0 Å². The number of carbonyl (C=O) groups excluding carboxylic acids is 1. The average molecular weight is 293 g/mol. The van der Waals surface area contributed by atoms with Crippen molar-refractivity contribution in [1.29, 1.82) is 0 Å². The fourth-order valence-corrected chi connectivity index (χ4v) is 2.57. The van der Waals surface area contributed by atoms with Crippen molar-refractivity contribution >= 4 is 22.2 Å². The van der Waals surface area contributed by atoms with E-state index in [1.807, 2.05) is 35.8 Å². The third-order valence-electron chi connectivity index (χ3n) is 2.64. The number of nitrogens with zero attached hydrogens (tertiary/aromatic N) is 2. The summed E-state index contributed by atoms with van der Waals surface area (Å²) in [5.41, 5.74) is 2.61. The topological polar surface area (TPSA) is 34.9 Å². The summed E-state index contributed by atoms with van der Waals surface area (Å²) in [7, 11) is 0. The smallest absolute Gasteiger partial charge is 0.166 e. The first-order valence-electron chi connectivity index (χ1n) is 5.46. The Hall–Kier alpha value is -1.42. The molecule has 0 saturated carbocycles. The van der Waals surface area contributed by atoms with Crippen LogP contribution in [0.25, 0.3) is 5.82 Å². The van der Waals surface area contributed by atoms with Gasteiger partial charge in [0.05, 0.1) is 5.69 Å². The van der Waals surface area contributed by atoms with Gasteiger partial charge in [-0.25, -0.2) is 4.98 Å². The van der Waals surface area contributed by atoms with Gasteiger partial charge in [0.25, 0.3) is 0 Å². The Morgan fingerprint density at radius 2 is 2.24 bits per heavy atom. The van der Waals surface area contributed by atoms with Crippen molar-refractivity contribution in [3.8, 4) is 5.82 Å².